The summed E-state index contributed by atoms with van der Waals surface area (Å²) in [6, 6.07) is 20.9. The second kappa shape index (κ2) is 18.4. The molecule has 4 heterocycles. The van der Waals surface area contributed by atoms with Crippen LogP contribution in [0.25, 0.3) is 11.1 Å². The smallest absolute Gasteiger partial charge is 0.436 e. The van der Waals surface area contributed by atoms with E-state index in [1.807, 2.05) is 53.4 Å². The first-order chi connectivity index (χ1) is 32.6. The lowest BCUT2D eigenvalue weighted by Crippen LogP contribution is -2.44. The van der Waals surface area contributed by atoms with E-state index in [0.29, 0.717) is 50.9 Å². The van der Waals surface area contributed by atoms with Gasteiger partial charge in [-0.3, -0.25) is 14.5 Å². The summed E-state index contributed by atoms with van der Waals surface area (Å²) in [6.45, 7) is 8.62. The van der Waals surface area contributed by atoms with Crippen LogP contribution in [0.3, 0.4) is 0 Å². The van der Waals surface area contributed by atoms with E-state index in [1.54, 1.807) is 26.0 Å². The number of carbonyl (C=O) groups is 4. The van der Waals surface area contributed by atoms with Crippen molar-refractivity contribution in [2.24, 2.45) is 0 Å². The zero-order valence-corrected chi connectivity index (χ0v) is 38.8. The van der Waals surface area contributed by atoms with Gasteiger partial charge in [0.05, 0.1) is 53.2 Å². The van der Waals surface area contributed by atoms with Crippen LogP contribution in [0.5, 0.6) is 0 Å². The number of carbonyl (C=O) groups excluding carboxylic acids is 4. The van der Waals surface area contributed by atoms with Crippen molar-refractivity contribution < 1.29 is 50.6 Å². The second-order valence-corrected chi connectivity index (χ2v) is 19.4. The Morgan fingerprint density at radius 3 is 2.15 bits per heavy atom. The summed E-state index contributed by atoms with van der Waals surface area (Å²) in [5.74, 6) is -3.92. The monoisotopic (exact) mass is 951 g/mol. The minimum atomic E-state index is -4.64. The van der Waals surface area contributed by atoms with Crippen molar-refractivity contribution in [1.82, 2.24) is 19.0 Å². The van der Waals surface area contributed by atoms with Crippen molar-refractivity contribution in [3.8, 4) is 11.1 Å². The molecule has 4 aliphatic rings. The number of halogens is 2. The van der Waals surface area contributed by atoms with Crippen LogP contribution >= 0.6 is 0 Å². The molecule has 68 heavy (non-hydrogen) atoms. The van der Waals surface area contributed by atoms with Crippen molar-refractivity contribution in [1.29, 1.82) is 0 Å². The largest absolute Gasteiger partial charge is 0.448 e. The number of amides is 3. The highest BCUT2D eigenvalue weighted by Gasteiger charge is 2.55. The summed E-state index contributed by atoms with van der Waals surface area (Å²) < 4.78 is 76.3. The van der Waals surface area contributed by atoms with Crippen molar-refractivity contribution >= 4 is 51.2 Å². The number of likely N-dealkylation sites (tertiary alicyclic amines) is 1. The number of nitrogens with zero attached hydrogens (tertiary/aromatic N) is 5. The third-order valence-electron chi connectivity index (χ3n) is 13.1. The Hall–Kier alpha value is -6.70. The molecular weight excluding hydrogens is 901 g/mol. The summed E-state index contributed by atoms with van der Waals surface area (Å²) in [7, 11) is -4.64. The van der Waals surface area contributed by atoms with E-state index < -0.39 is 68.2 Å². The molecule has 3 amide bonds. The third-order valence-corrected chi connectivity index (χ3v) is 15.2. The number of ether oxygens (including phenoxy) is 3. The normalized spacial score (nSPS) is 18.7. The maximum Gasteiger partial charge on any atom is 0.436 e. The Kier molecular flexibility index (Phi) is 12.6. The van der Waals surface area contributed by atoms with E-state index in [9.17, 15) is 36.4 Å². The molecule has 9 rings (SSSR count). The van der Waals surface area contributed by atoms with Crippen LogP contribution in [0, 0.1) is 11.6 Å². The van der Waals surface area contributed by atoms with Crippen LogP contribution in [0.1, 0.15) is 91.7 Å². The summed E-state index contributed by atoms with van der Waals surface area (Å²) in [4.78, 5) is 59.4. The van der Waals surface area contributed by atoms with E-state index in [-0.39, 0.29) is 60.4 Å². The molecule has 3 aliphatic heterocycles. The fraction of sp³-hybridized carbons (Fsp3) is 0.367. The average Bonchev–Trinajstić information content (AvgIpc) is 4.09. The predicted octanol–water partition coefficient (Wildman–Crippen LogP) is 8.00. The first kappa shape index (κ1) is 46.4. The lowest BCUT2D eigenvalue weighted by atomic mass is 9.98. The molecule has 2 saturated heterocycles. The fourth-order valence-corrected chi connectivity index (χ4v) is 12.1. The SMILES string of the molecule is CCOC(=O)n1nc2c(c1NC(=O)c1ccc(N3CCOCC3)cc1NC(=O)C1CCCN1C(=O)OCC1c3ccccc3-c3ccccc31)C(CC)N(S(=O)(=O)c1cc(F)cc(F)c1)C2(C)C. The number of rotatable bonds is 11. The molecule has 0 spiro atoms. The Balaban J connectivity index is 1.02. The Bertz CT molecular complexity index is 2870. The van der Waals surface area contributed by atoms with Crippen LogP contribution in [0.4, 0.5) is 35.6 Å². The molecule has 0 radical (unpaired) electrons. The minimum Gasteiger partial charge on any atom is -0.448 e. The second-order valence-electron chi connectivity index (χ2n) is 17.5. The number of aromatic nitrogens is 2. The van der Waals surface area contributed by atoms with Crippen molar-refractivity contribution in [2.75, 3.05) is 61.6 Å². The van der Waals surface area contributed by atoms with Crippen LogP contribution in [-0.2, 0) is 34.6 Å². The first-order valence-corrected chi connectivity index (χ1v) is 24.1. The van der Waals surface area contributed by atoms with Gasteiger partial charge in [-0.1, -0.05) is 55.5 Å². The quantitative estimate of drug-likeness (QED) is 0.131. The Morgan fingerprint density at radius 2 is 1.50 bits per heavy atom. The zero-order chi connectivity index (χ0) is 48.1. The molecule has 2 N–H and O–H groups in total. The van der Waals surface area contributed by atoms with Gasteiger partial charge in [0.15, 0.2) is 0 Å². The number of hydrogen-bond acceptors (Lipinski definition) is 11. The number of morpholine rings is 1. The standard InChI is InChI=1S/C49H51F2N7O9S/c1-5-40-42-43(49(3,4)58(40)68(63,64)32-25-29(50)24-30(51)26-32)54-57(48(62)66-6-2)44(42)53-45(59)37-18-17-31(55-20-22-65-23-21-55)27-39(37)52-46(60)41-16-11-19-56(41)47(61)67-28-38-35-14-9-7-12-33(35)34-13-8-10-15-36(34)38/h7-10,12-15,17-18,24-27,38,40-41H,5-6,11,16,19-23,28H2,1-4H3,(H,52,60)(H,53,59). The summed E-state index contributed by atoms with van der Waals surface area (Å²) >= 11 is 0. The van der Waals surface area contributed by atoms with Gasteiger partial charge in [-0.25, -0.2) is 26.8 Å². The van der Waals surface area contributed by atoms with Gasteiger partial charge in [0.1, 0.15) is 30.1 Å². The molecule has 2 atom stereocenters. The summed E-state index contributed by atoms with van der Waals surface area (Å²) in [5, 5.41) is 10.2. The number of anilines is 3. The summed E-state index contributed by atoms with van der Waals surface area (Å²) in [5.41, 5.74) is 3.76. The Labute approximate surface area is 392 Å². The number of nitrogens with one attached hydrogen (secondary N) is 2. The molecule has 1 aliphatic carbocycles. The highest BCUT2D eigenvalue weighted by Crippen LogP contribution is 2.53. The molecule has 0 saturated carbocycles. The van der Waals surface area contributed by atoms with Crippen LogP contribution < -0.4 is 15.5 Å². The summed E-state index contributed by atoms with van der Waals surface area (Å²) in [6.07, 6.45) is -0.654. The maximum absolute atomic E-state index is 14.8. The van der Waals surface area contributed by atoms with E-state index >= 15 is 0 Å². The number of benzene rings is 4. The highest BCUT2D eigenvalue weighted by atomic mass is 32.2. The van der Waals surface area contributed by atoms with Crippen molar-refractivity contribution in [2.45, 2.75) is 75.4 Å². The van der Waals surface area contributed by atoms with Gasteiger partial charge in [-0.15, -0.1) is 4.68 Å². The van der Waals surface area contributed by atoms with Crippen molar-refractivity contribution in [3.05, 3.63) is 125 Å². The number of fused-ring (bicyclic) bond motifs is 4. The molecule has 4 aromatic carbocycles. The Morgan fingerprint density at radius 1 is 0.838 bits per heavy atom. The topological polar surface area (TPSA) is 182 Å². The lowest BCUT2D eigenvalue weighted by molar-refractivity contribution is -0.120. The first-order valence-electron chi connectivity index (χ1n) is 22.7. The molecule has 5 aromatic rings. The molecule has 16 nitrogen and oxygen atoms in total. The highest BCUT2D eigenvalue weighted by molar-refractivity contribution is 7.89. The van der Waals surface area contributed by atoms with Gasteiger partial charge in [-0.05, 0) is 92.6 Å². The molecule has 1 aromatic heterocycles. The number of hydrogen-bond donors (Lipinski definition) is 2. The van der Waals surface area contributed by atoms with Gasteiger partial charge in [-0.2, -0.15) is 9.40 Å². The van der Waals surface area contributed by atoms with Crippen LogP contribution in [0.15, 0.2) is 89.8 Å². The molecule has 2 fully saturated rings. The average molecular weight is 952 g/mol. The van der Waals surface area contributed by atoms with E-state index in [2.05, 4.69) is 15.7 Å². The van der Waals surface area contributed by atoms with Crippen molar-refractivity contribution in [3.63, 3.8) is 0 Å². The zero-order valence-electron chi connectivity index (χ0n) is 38.0. The predicted molar refractivity (Wildman–Crippen MR) is 247 cm³/mol. The van der Waals surface area contributed by atoms with Gasteiger partial charge in [0.2, 0.25) is 15.9 Å². The minimum absolute atomic E-state index is 0.0311. The molecule has 2 unspecified atom stereocenters. The molecular formula is C49H51F2N7O9S. The molecule has 19 heteroatoms. The van der Waals surface area contributed by atoms with Crippen LogP contribution in [-0.4, -0.2) is 104 Å². The van der Waals surface area contributed by atoms with E-state index in [1.165, 1.54) is 24.8 Å². The van der Waals surface area contributed by atoms with Gasteiger partial charge in [0, 0.05) is 42.9 Å². The number of sulfonamides is 1. The van der Waals surface area contributed by atoms with E-state index in [0.717, 1.165) is 43.4 Å². The van der Waals surface area contributed by atoms with E-state index in [4.69, 9.17) is 14.2 Å². The van der Waals surface area contributed by atoms with Gasteiger partial charge in [0.25, 0.3) is 5.91 Å². The maximum atomic E-state index is 14.8. The van der Waals surface area contributed by atoms with Gasteiger partial charge >= 0.3 is 12.2 Å². The fourth-order valence-electron chi connectivity index (χ4n) is 10.1. The third kappa shape index (κ3) is 8.25. The van der Waals surface area contributed by atoms with Gasteiger partial charge < -0.3 is 29.7 Å². The molecule has 0 bridgehead atoms. The lowest BCUT2D eigenvalue weighted by Gasteiger charge is -2.35. The molecule has 356 valence electrons. The van der Waals surface area contributed by atoms with Crippen LogP contribution in [0.2, 0.25) is 0 Å².